The molecular weight excluding hydrogens is 294 g/mol. The number of hydrogen-bond donors (Lipinski definition) is 1. The predicted octanol–water partition coefficient (Wildman–Crippen LogP) is 1.03. The first-order valence-corrected chi connectivity index (χ1v) is 8.17. The Morgan fingerprint density at radius 2 is 2.13 bits per heavy atom. The van der Waals surface area contributed by atoms with E-state index in [1.54, 1.807) is 6.20 Å². The molecule has 1 aliphatic heterocycles. The number of anilines is 1. The Morgan fingerprint density at radius 3 is 2.83 bits per heavy atom. The molecule has 1 saturated carbocycles. The first-order chi connectivity index (χ1) is 11.3. The first-order valence-electron chi connectivity index (χ1n) is 8.17. The Hall–Kier alpha value is -1.75. The van der Waals surface area contributed by atoms with Gasteiger partial charge in [0.25, 0.3) is 0 Å². The molecule has 0 unspecified atom stereocenters. The Balaban J connectivity index is 1.68. The number of nitriles is 1. The van der Waals surface area contributed by atoms with Gasteiger partial charge in [-0.2, -0.15) is 5.26 Å². The first kappa shape index (κ1) is 16.1. The minimum absolute atomic E-state index is 0.0495. The molecule has 1 aromatic heterocycles. The molecule has 0 radical (unpaired) electrons. The normalized spacial score (nSPS) is 27.9. The van der Waals surface area contributed by atoms with Crippen molar-refractivity contribution >= 4 is 5.82 Å². The van der Waals surface area contributed by atoms with Crippen molar-refractivity contribution in [1.29, 1.82) is 5.26 Å². The van der Waals surface area contributed by atoms with Gasteiger partial charge < -0.3 is 14.8 Å². The van der Waals surface area contributed by atoms with Crippen LogP contribution in [0.3, 0.4) is 0 Å². The standard InChI is InChI=1S/C16H23N5O2/c1-2-23-13-9-16(10-13,21-5-7-22-8-6-21)12-20-15-14(11-17)18-3-4-19-15/h3-4,13H,2,5-10,12H2,1H3,(H,19,20). The van der Waals surface area contributed by atoms with Crippen LogP contribution in [0.15, 0.2) is 12.4 Å². The summed E-state index contributed by atoms with van der Waals surface area (Å²) in [6.07, 6.45) is 5.46. The summed E-state index contributed by atoms with van der Waals surface area (Å²) >= 11 is 0. The third-order valence-electron chi connectivity index (χ3n) is 4.69. The molecule has 7 nitrogen and oxygen atoms in total. The summed E-state index contributed by atoms with van der Waals surface area (Å²) in [5.74, 6) is 0.558. The molecule has 23 heavy (non-hydrogen) atoms. The minimum Gasteiger partial charge on any atom is -0.379 e. The number of nitrogens with zero attached hydrogens (tertiary/aromatic N) is 4. The van der Waals surface area contributed by atoms with Crippen molar-refractivity contribution in [2.75, 3.05) is 44.8 Å². The van der Waals surface area contributed by atoms with Crippen LogP contribution >= 0.6 is 0 Å². The Kier molecular flexibility index (Phi) is 5.06. The molecule has 0 amide bonds. The summed E-state index contributed by atoms with van der Waals surface area (Å²) in [6.45, 7) is 6.94. The zero-order chi connectivity index (χ0) is 16.1. The van der Waals surface area contributed by atoms with Gasteiger partial charge in [-0.3, -0.25) is 4.90 Å². The van der Waals surface area contributed by atoms with Crippen LogP contribution in [0.2, 0.25) is 0 Å². The summed E-state index contributed by atoms with van der Waals surface area (Å²) in [6, 6.07) is 2.08. The van der Waals surface area contributed by atoms with Crippen LogP contribution in [0.25, 0.3) is 0 Å². The predicted molar refractivity (Wildman–Crippen MR) is 85.0 cm³/mol. The van der Waals surface area contributed by atoms with E-state index in [9.17, 15) is 0 Å². The van der Waals surface area contributed by atoms with E-state index in [1.165, 1.54) is 6.20 Å². The van der Waals surface area contributed by atoms with E-state index in [2.05, 4.69) is 26.3 Å². The van der Waals surface area contributed by atoms with E-state index in [0.717, 1.165) is 52.3 Å². The number of aromatic nitrogens is 2. The molecule has 2 fully saturated rings. The van der Waals surface area contributed by atoms with Gasteiger partial charge in [0.05, 0.1) is 19.3 Å². The topological polar surface area (TPSA) is 83.3 Å². The fourth-order valence-corrected chi connectivity index (χ4v) is 3.49. The van der Waals surface area contributed by atoms with Crippen molar-refractivity contribution in [2.45, 2.75) is 31.4 Å². The van der Waals surface area contributed by atoms with Crippen LogP contribution in [0, 0.1) is 11.3 Å². The number of ether oxygens (including phenoxy) is 2. The number of morpholine rings is 1. The van der Waals surface area contributed by atoms with E-state index in [-0.39, 0.29) is 5.54 Å². The highest BCUT2D eigenvalue weighted by Gasteiger charge is 2.49. The van der Waals surface area contributed by atoms with Gasteiger partial charge >= 0.3 is 0 Å². The highest BCUT2D eigenvalue weighted by Crippen LogP contribution is 2.40. The Morgan fingerprint density at radius 1 is 1.39 bits per heavy atom. The molecular formula is C16H23N5O2. The molecule has 0 spiro atoms. The van der Waals surface area contributed by atoms with Gasteiger partial charge in [-0.1, -0.05) is 0 Å². The summed E-state index contributed by atoms with van der Waals surface area (Å²) in [5, 5.41) is 12.5. The van der Waals surface area contributed by atoms with Crippen molar-refractivity contribution in [3.63, 3.8) is 0 Å². The van der Waals surface area contributed by atoms with Crippen LogP contribution in [-0.4, -0.2) is 66.0 Å². The van der Waals surface area contributed by atoms with Gasteiger partial charge in [0.1, 0.15) is 6.07 Å². The van der Waals surface area contributed by atoms with E-state index >= 15 is 0 Å². The molecule has 1 aliphatic carbocycles. The lowest BCUT2D eigenvalue weighted by Crippen LogP contribution is -2.65. The van der Waals surface area contributed by atoms with Crippen LogP contribution < -0.4 is 5.32 Å². The summed E-state index contributed by atoms with van der Waals surface area (Å²) in [5.41, 5.74) is 0.388. The maximum Gasteiger partial charge on any atom is 0.182 e. The molecule has 0 atom stereocenters. The average Bonchev–Trinajstić information content (AvgIpc) is 2.58. The number of rotatable bonds is 6. The molecule has 2 heterocycles. The fourth-order valence-electron chi connectivity index (χ4n) is 3.49. The quantitative estimate of drug-likeness (QED) is 0.839. The fraction of sp³-hybridized carbons (Fsp3) is 0.688. The van der Waals surface area contributed by atoms with E-state index in [0.29, 0.717) is 17.6 Å². The smallest absolute Gasteiger partial charge is 0.182 e. The second-order valence-electron chi connectivity index (χ2n) is 6.03. The van der Waals surface area contributed by atoms with Crippen LogP contribution in [0.4, 0.5) is 5.82 Å². The molecule has 0 aromatic carbocycles. The second kappa shape index (κ2) is 7.21. The van der Waals surface area contributed by atoms with Crippen molar-refractivity contribution in [3.05, 3.63) is 18.1 Å². The second-order valence-corrected chi connectivity index (χ2v) is 6.03. The van der Waals surface area contributed by atoms with Gasteiger partial charge in [-0.05, 0) is 19.8 Å². The van der Waals surface area contributed by atoms with Crippen molar-refractivity contribution in [1.82, 2.24) is 14.9 Å². The maximum atomic E-state index is 9.14. The molecule has 124 valence electrons. The van der Waals surface area contributed by atoms with Gasteiger partial charge in [0, 0.05) is 44.2 Å². The monoisotopic (exact) mass is 317 g/mol. The van der Waals surface area contributed by atoms with E-state index < -0.39 is 0 Å². The molecule has 1 N–H and O–H groups in total. The van der Waals surface area contributed by atoms with Gasteiger partial charge in [-0.25, -0.2) is 9.97 Å². The average molecular weight is 317 g/mol. The minimum atomic E-state index is 0.0495. The van der Waals surface area contributed by atoms with Gasteiger partial charge in [0.2, 0.25) is 0 Å². The Bertz CT molecular complexity index is 562. The maximum absolute atomic E-state index is 9.14. The SMILES string of the molecule is CCOC1CC(CNc2nccnc2C#N)(N2CCOCC2)C1. The summed E-state index contributed by atoms with van der Waals surface area (Å²) in [7, 11) is 0. The van der Waals surface area contributed by atoms with E-state index in [1.807, 2.05) is 6.92 Å². The van der Waals surface area contributed by atoms with Crippen molar-refractivity contribution in [2.24, 2.45) is 0 Å². The Labute approximate surface area is 136 Å². The zero-order valence-corrected chi connectivity index (χ0v) is 13.5. The molecule has 7 heteroatoms. The van der Waals surface area contributed by atoms with Crippen LogP contribution in [-0.2, 0) is 9.47 Å². The summed E-state index contributed by atoms with van der Waals surface area (Å²) in [4.78, 5) is 10.8. The lowest BCUT2D eigenvalue weighted by atomic mass is 9.72. The van der Waals surface area contributed by atoms with Crippen molar-refractivity contribution in [3.8, 4) is 6.07 Å². The third kappa shape index (κ3) is 3.44. The molecule has 2 aliphatic rings. The third-order valence-corrected chi connectivity index (χ3v) is 4.69. The van der Waals surface area contributed by atoms with Crippen molar-refractivity contribution < 1.29 is 9.47 Å². The van der Waals surface area contributed by atoms with Gasteiger partial charge in [0.15, 0.2) is 11.5 Å². The van der Waals surface area contributed by atoms with Gasteiger partial charge in [-0.15, -0.1) is 0 Å². The number of nitrogens with one attached hydrogen (secondary N) is 1. The van der Waals surface area contributed by atoms with E-state index in [4.69, 9.17) is 14.7 Å². The number of hydrogen-bond acceptors (Lipinski definition) is 7. The van der Waals surface area contributed by atoms with Crippen LogP contribution in [0.1, 0.15) is 25.5 Å². The lowest BCUT2D eigenvalue weighted by molar-refractivity contribution is -0.121. The lowest BCUT2D eigenvalue weighted by Gasteiger charge is -2.55. The molecule has 1 saturated heterocycles. The molecule has 1 aromatic rings. The highest BCUT2D eigenvalue weighted by molar-refractivity contribution is 5.47. The molecule has 0 bridgehead atoms. The summed E-state index contributed by atoms with van der Waals surface area (Å²) < 4.78 is 11.2. The highest BCUT2D eigenvalue weighted by atomic mass is 16.5. The van der Waals surface area contributed by atoms with Crippen LogP contribution in [0.5, 0.6) is 0 Å². The zero-order valence-electron chi connectivity index (χ0n) is 13.5. The molecule has 3 rings (SSSR count). The largest absolute Gasteiger partial charge is 0.379 e.